The van der Waals surface area contributed by atoms with Gasteiger partial charge in [-0.2, -0.15) is 13.2 Å². The first kappa shape index (κ1) is 26.9. The van der Waals surface area contributed by atoms with Gasteiger partial charge < -0.3 is 20.3 Å². The van der Waals surface area contributed by atoms with Crippen molar-refractivity contribution in [1.82, 2.24) is 14.9 Å². The summed E-state index contributed by atoms with van der Waals surface area (Å²) in [5.41, 5.74) is 1.15. The Kier molecular flexibility index (Phi) is 8.13. The number of aryl methyl sites for hydroxylation is 2. The number of ketones is 1. The van der Waals surface area contributed by atoms with E-state index in [0.717, 1.165) is 6.07 Å². The number of nitrogens with one attached hydrogen (secondary N) is 2. The van der Waals surface area contributed by atoms with Gasteiger partial charge in [0.15, 0.2) is 11.6 Å². The van der Waals surface area contributed by atoms with Crippen molar-refractivity contribution in [1.29, 1.82) is 0 Å². The molecule has 0 saturated heterocycles. The number of carbonyl (C=O) groups is 2. The fraction of sp³-hybridized carbons (Fsp3) is 0.360. The smallest absolute Gasteiger partial charge is 0.416 e. The molecular formula is C25H28F3N5O3. The van der Waals surface area contributed by atoms with Gasteiger partial charge >= 0.3 is 12.2 Å². The van der Waals surface area contributed by atoms with Crippen molar-refractivity contribution < 1.29 is 27.5 Å². The molecule has 0 aliphatic heterocycles. The molecule has 2 N–H and O–H groups in total. The van der Waals surface area contributed by atoms with E-state index in [2.05, 4.69) is 20.6 Å². The maximum absolute atomic E-state index is 13.6. The lowest BCUT2D eigenvalue weighted by Crippen LogP contribution is -2.22. The Labute approximate surface area is 207 Å². The number of alkyl halides is 3. The molecule has 1 aromatic carbocycles. The summed E-state index contributed by atoms with van der Waals surface area (Å²) in [6.45, 7) is 5.59. The second-order valence-corrected chi connectivity index (χ2v) is 8.51. The molecule has 3 rings (SSSR count). The molecule has 0 saturated carbocycles. The summed E-state index contributed by atoms with van der Waals surface area (Å²) in [7, 11) is 3.35. The third kappa shape index (κ3) is 6.48. The number of hydrogen-bond donors (Lipinski definition) is 2. The zero-order valence-corrected chi connectivity index (χ0v) is 20.7. The molecule has 36 heavy (non-hydrogen) atoms. The molecule has 192 valence electrons. The first-order chi connectivity index (χ1) is 16.9. The number of Topliss-reactive ketones (excluding diaryl/α,β-unsaturated/α-hetero) is 1. The summed E-state index contributed by atoms with van der Waals surface area (Å²) in [6.07, 6.45) is -1.11. The molecule has 2 aromatic rings. The van der Waals surface area contributed by atoms with E-state index in [0.29, 0.717) is 35.1 Å². The molecule has 0 atom stereocenters. The van der Waals surface area contributed by atoms with Crippen LogP contribution in [-0.4, -0.2) is 47.4 Å². The predicted molar refractivity (Wildman–Crippen MR) is 130 cm³/mol. The number of ether oxygens (including phenoxy) is 1. The number of urea groups is 1. The Morgan fingerprint density at radius 2 is 1.81 bits per heavy atom. The van der Waals surface area contributed by atoms with E-state index >= 15 is 0 Å². The quantitative estimate of drug-likeness (QED) is 0.546. The minimum absolute atomic E-state index is 0.000736. The first-order valence-electron chi connectivity index (χ1n) is 11.2. The van der Waals surface area contributed by atoms with Gasteiger partial charge in [-0.1, -0.05) is 12.1 Å². The lowest BCUT2D eigenvalue weighted by molar-refractivity contribution is -0.138. The molecule has 1 aliphatic carbocycles. The average molecular weight is 504 g/mol. The number of aromatic nitrogens is 2. The second-order valence-electron chi connectivity index (χ2n) is 8.51. The van der Waals surface area contributed by atoms with E-state index in [4.69, 9.17) is 4.74 Å². The monoisotopic (exact) mass is 503 g/mol. The van der Waals surface area contributed by atoms with Crippen LogP contribution in [0.4, 0.5) is 29.3 Å². The molecule has 0 fully saturated rings. The molecule has 11 heteroatoms. The highest BCUT2D eigenvalue weighted by atomic mass is 19.4. The number of rotatable bonds is 7. The summed E-state index contributed by atoms with van der Waals surface area (Å²) in [5, 5.41) is 5.07. The van der Waals surface area contributed by atoms with Crippen molar-refractivity contribution in [2.45, 2.75) is 39.9 Å². The molecule has 0 radical (unpaired) electrons. The first-order valence-corrected chi connectivity index (χ1v) is 11.2. The lowest BCUT2D eigenvalue weighted by Gasteiger charge is -2.18. The Morgan fingerprint density at radius 3 is 2.39 bits per heavy atom. The van der Waals surface area contributed by atoms with Crippen molar-refractivity contribution in [3.8, 4) is 0 Å². The van der Waals surface area contributed by atoms with Crippen LogP contribution in [0, 0.1) is 13.8 Å². The Hall–Kier alpha value is -3.73. The molecule has 0 unspecified atom stereocenters. The van der Waals surface area contributed by atoms with E-state index in [-0.39, 0.29) is 35.8 Å². The molecule has 1 heterocycles. The maximum atomic E-state index is 13.6. The van der Waals surface area contributed by atoms with E-state index in [1.165, 1.54) is 12.1 Å². The van der Waals surface area contributed by atoms with Gasteiger partial charge in [0.2, 0.25) is 5.78 Å². The van der Waals surface area contributed by atoms with Crippen molar-refractivity contribution in [2.75, 3.05) is 31.3 Å². The zero-order valence-electron chi connectivity index (χ0n) is 20.7. The number of anilines is 2. The number of halogens is 3. The topological polar surface area (TPSA) is 96.4 Å². The molecule has 2 amide bonds. The Bertz CT molecular complexity index is 1210. The van der Waals surface area contributed by atoms with Crippen LogP contribution < -0.4 is 10.6 Å². The number of amides is 2. The third-order valence-corrected chi connectivity index (χ3v) is 5.30. The van der Waals surface area contributed by atoms with E-state index in [1.807, 2.05) is 0 Å². The van der Waals surface area contributed by atoms with Crippen molar-refractivity contribution in [3.63, 3.8) is 0 Å². The van der Waals surface area contributed by atoms with Crippen LogP contribution in [-0.2, 0) is 22.3 Å². The van der Waals surface area contributed by atoms with Gasteiger partial charge in [0.05, 0.1) is 29.2 Å². The maximum Gasteiger partial charge on any atom is 0.416 e. The fourth-order valence-electron chi connectivity index (χ4n) is 3.72. The van der Waals surface area contributed by atoms with Crippen LogP contribution in [0.5, 0.6) is 0 Å². The number of nitrogens with zero attached hydrogens (tertiary/aromatic N) is 3. The summed E-state index contributed by atoms with van der Waals surface area (Å²) < 4.78 is 46.0. The van der Waals surface area contributed by atoms with E-state index in [1.54, 1.807) is 51.9 Å². The number of hydrogen-bond acceptors (Lipinski definition) is 6. The molecule has 0 bridgehead atoms. The summed E-state index contributed by atoms with van der Waals surface area (Å²) >= 11 is 0. The van der Waals surface area contributed by atoms with Gasteiger partial charge in [-0.3, -0.25) is 4.79 Å². The van der Waals surface area contributed by atoms with Gasteiger partial charge in [0, 0.05) is 24.2 Å². The predicted octanol–water partition coefficient (Wildman–Crippen LogP) is 5.09. The number of benzene rings is 1. The largest absolute Gasteiger partial charge is 0.490 e. The Balaban J connectivity index is 1.79. The van der Waals surface area contributed by atoms with Crippen LogP contribution in [0.15, 0.2) is 36.1 Å². The van der Waals surface area contributed by atoms with Crippen LogP contribution >= 0.6 is 0 Å². The zero-order chi connectivity index (χ0) is 26.6. The fourth-order valence-corrected chi connectivity index (χ4v) is 3.72. The number of carbonyl (C=O) groups excluding carboxylic acids is 2. The Morgan fingerprint density at radius 1 is 1.14 bits per heavy atom. The second kappa shape index (κ2) is 10.9. The molecule has 1 aromatic heterocycles. The van der Waals surface area contributed by atoms with Gasteiger partial charge in [-0.05, 0) is 58.6 Å². The van der Waals surface area contributed by atoms with Crippen LogP contribution in [0.2, 0.25) is 0 Å². The molecule has 0 spiro atoms. The lowest BCUT2D eigenvalue weighted by atomic mass is 10.0. The number of allylic oxidation sites excluding steroid dienone is 4. The van der Waals surface area contributed by atoms with Crippen molar-refractivity contribution in [2.24, 2.45) is 0 Å². The highest BCUT2D eigenvalue weighted by Crippen LogP contribution is 2.34. The van der Waals surface area contributed by atoms with Crippen LogP contribution in [0.3, 0.4) is 0 Å². The summed E-state index contributed by atoms with van der Waals surface area (Å²) in [5.74, 6) is 0.477. The van der Waals surface area contributed by atoms with Gasteiger partial charge in [0.1, 0.15) is 0 Å². The summed E-state index contributed by atoms with van der Waals surface area (Å²) in [6, 6.07) is 2.95. The van der Waals surface area contributed by atoms with Gasteiger partial charge in [-0.25, -0.2) is 14.8 Å². The van der Waals surface area contributed by atoms with Crippen molar-refractivity contribution in [3.05, 3.63) is 64.4 Å². The minimum Gasteiger partial charge on any atom is -0.490 e. The van der Waals surface area contributed by atoms with Crippen LogP contribution in [0.1, 0.15) is 41.7 Å². The summed E-state index contributed by atoms with van der Waals surface area (Å²) in [4.78, 5) is 35.1. The third-order valence-electron chi connectivity index (χ3n) is 5.30. The molecule has 1 aliphatic rings. The van der Waals surface area contributed by atoms with E-state index < -0.39 is 17.8 Å². The SMILES string of the molecule is CCOC1=CC(c2nc(C)c(NC(=O)Nc3ccc(CN(C)C)c(C(F)(F)F)c3)c(C)n2)=CCC1=O. The minimum atomic E-state index is -4.56. The normalized spacial score (nSPS) is 13.9. The van der Waals surface area contributed by atoms with Crippen LogP contribution in [0.25, 0.3) is 5.57 Å². The highest BCUT2D eigenvalue weighted by Gasteiger charge is 2.33. The van der Waals surface area contributed by atoms with Gasteiger partial charge in [0.25, 0.3) is 0 Å². The van der Waals surface area contributed by atoms with E-state index in [9.17, 15) is 22.8 Å². The standard InChI is InChI=1S/C25H28F3N5O3/c1-6-36-21-11-16(8-10-20(21)34)23-29-14(2)22(15(3)30-23)32-24(35)31-18-9-7-17(13-33(4)5)19(12-18)25(26,27)28/h7-9,11-12H,6,10,13H2,1-5H3,(H2,31,32,35). The van der Waals surface area contributed by atoms with Crippen molar-refractivity contribution >= 4 is 28.8 Å². The highest BCUT2D eigenvalue weighted by molar-refractivity contribution is 6.01. The molecular weight excluding hydrogens is 475 g/mol. The molecule has 8 nitrogen and oxygen atoms in total. The van der Waals surface area contributed by atoms with Gasteiger partial charge in [-0.15, -0.1) is 0 Å². The average Bonchev–Trinajstić information content (AvgIpc) is 2.77.